The molecule has 5 rings (SSSR count). The third-order valence-electron chi connectivity index (χ3n) is 7.45. The Bertz CT molecular complexity index is 1170. The highest BCUT2D eigenvalue weighted by Crippen LogP contribution is 2.28. The molecule has 2 fully saturated rings. The van der Waals surface area contributed by atoms with Gasteiger partial charge in [-0.15, -0.1) is 0 Å². The van der Waals surface area contributed by atoms with Crippen LogP contribution in [-0.2, 0) is 11.2 Å². The highest BCUT2D eigenvalue weighted by molar-refractivity contribution is 7.97. The Hall–Kier alpha value is -2.88. The van der Waals surface area contributed by atoms with Crippen molar-refractivity contribution >= 4 is 34.5 Å². The highest BCUT2D eigenvalue weighted by atomic mass is 32.2. The molecule has 204 valence electrons. The van der Waals surface area contributed by atoms with Gasteiger partial charge in [-0.25, -0.2) is 4.72 Å². The van der Waals surface area contributed by atoms with Crippen LogP contribution in [0.4, 0.5) is 5.69 Å². The molecule has 8 nitrogen and oxygen atoms in total. The minimum Gasteiger partial charge on any atom is -0.480 e. The summed E-state index contributed by atoms with van der Waals surface area (Å²) < 4.78 is 2.83. The van der Waals surface area contributed by atoms with Crippen LogP contribution >= 0.6 is 11.9 Å². The first-order valence-electron chi connectivity index (χ1n) is 13.7. The summed E-state index contributed by atoms with van der Waals surface area (Å²) in [4.78, 5) is 25.6. The van der Waals surface area contributed by atoms with Gasteiger partial charge in [0.25, 0.3) is 5.69 Å². The van der Waals surface area contributed by atoms with Crippen LogP contribution in [0.2, 0.25) is 0 Å². The van der Waals surface area contributed by atoms with Crippen molar-refractivity contribution in [1.29, 1.82) is 0 Å². The number of hydrogen-bond acceptors (Lipinski definition) is 6. The molecule has 0 amide bonds. The molecule has 1 aromatic heterocycles. The number of nitrogens with zero attached hydrogens (tertiary/aromatic N) is 1. The molecular formula is C29H38N4O4S. The molecule has 4 N–H and O–H groups in total. The first-order chi connectivity index (χ1) is 18.5. The number of aromatic amines is 1. The Morgan fingerprint density at radius 3 is 2.21 bits per heavy atom. The number of H-pyrrole nitrogens is 1. The molecule has 38 heavy (non-hydrogen) atoms. The zero-order valence-electron chi connectivity index (χ0n) is 21.7. The van der Waals surface area contributed by atoms with Gasteiger partial charge in [0, 0.05) is 41.7 Å². The summed E-state index contributed by atoms with van der Waals surface area (Å²) in [6.07, 6.45) is 16.6. The van der Waals surface area contributed by atoms with Gasteiger partial charge in [-0.3, -0.25) is 14.9 Å². The van der Waals surface area contributed by atoms with E-state index in [9.17, 15) is 20.0 Å². The molecule has 2 aromatic carbocycles. The molecule has 1 atom stereocenters. The number of nitrogens with one attached hydrogen (secondary N) is 3. The Balaban J connectivity index is 0.000000216. The van der Waals surface area contributed by atoms with Crippen LogP contribution in [0, 0.1) is 10.1 Å². The summed E-state index contributed by atoms with van der Waals surface area (Å²) in [5, 5.41) is 25.3. The second-order valence-electron chi connectivity index (χ2n) is 10.2. The van der Waals surface area contributed by atoms with Crippen LogP contribution in [0.1, 0.15) is 69.8 Å². The van der Waals surface area contributed by atoms with Crippen molar-refractivity contribution in [1.82, 2.24) is 15.0 Å². The summed E-state index contributed by atoms with van der Waals surface area (Å²) >= 11 is 0.956. The van der Waals surface area contributed by atoms with Crippen LogP contribution in [0.15, 0.2) is 59.6 Å². The van der Waals surface area contributed by atoms with Crippen LogP contribution in [0.25, 0.3) is 10.9 Å². The first kappa shape index (κ1) is 28.1. The van der Waals surface area contributed by atoms with E-state index in [1.807, 2.05) is 24.3 Å². The number of carboxylic acids is 1. The van der Waals surface area contributed by atoms with E-state index in [2.05, 4.69) is 15.0 Å². The molecule has 2 aliphatic rings. The zero-order chi connectivity index (χ0) is 26.7. The van der Waals surface area contributed by atoms with Gasteiger partial charge in [0.05, 0.1) is 4.92 Å². The van der Waals surface area contributed by atoms with Crippen molar-refractivity contribution in [2.75, 3.05) is 0 Å². The van der Waals surface area contributed by atoms with Crippen LogP contribution in [0.5, 0.6) is 0 Å². The van der Waals surface area contributed by atoms with Gasteiger partial charge in [0.2, 0.25) is 0 Å². The Morgan fingerprint density at radius 1 is 0.974 bits per heavy atom. The van der Waals surface area contributed by atoms with E-state index in [4.69, 9.17) is 0 Å². The molecule has 2 aliphatic carbocycles. The molecule has 3 aromatic rings. The Morgan fingerprint density at radius 2 is 1.58 bits per heavy atom. The molecule has 2 saturated carbocycles. The van der Waals surface area contributed by atoms with E-state index >= 15 is 0 Å². The van der Waals surface area contributed by atoms with Gasteiger partial charge in [-0.2, -0.15) is 0 Å². The zero-order valence-corrected chi connectivity index (χ0v) is 22.6. The van der Waals surface area contributed by atoms with Crippen LogP contribution in [-0.4, -0.2) is 39.1 Å². The topological polar surface area (TPSA) is 120 Å². The summed E-state index contributed by atoms with van der Waals surface area (Å²) in [6, 6.07) is 14.7. The first-order valence-corrected chi connectivity index (χ1v) is 14.5. The van der Waals surface area contributed by atoms with Gasteiger partial charge in [-0.1, -0.05) is 68.9 Å². The number of carboxylic acid groups (broad SMARTS) is 1. The molecule has 0 radical (unpaired) electrons. The average Bonchev–Trinajstić information content (AvgIpc) is 3.35. The van der Waals surface area contributed by atoms with Crippen LogP contribution in [0.3, 0.4) is 0 Å². The van der Waals surface area contributed by atoms with Crippen LogP contribution < -0.4 is 10.0 Å². The van der Waals surface area contributed by atoms with Gasteiger partial charge < -0.3 is 15.4 Å². The van der Waals surface area contributed by atoms with Gasteiger partial charge in [0.1, 0.15) is 10.9 Å². The third kappa shape index (κ3) is 8.06. The molecule has 0 saturated heterocycles. The lowest BCUT2D eigenvalue weighted by molar-refractivity contribution is -0.387. The van der Waals surface area contributed by atoms with E-state index in [0.29, 0.717) is 4.90 Å². The van der Waals surface area contributed by atoms with Crippen molar-refractivity contribution in [2.45, 2.75) is 93.7 Å². The minimum atomic E-state index is -1.02. The fourth-order valence-electron chi connectivity index (χ4n) is 5.40. The average molecular weight is 539 g/mol. The highest BCUT2D eigenvalue weighted by Gasteiger charge is 2.22. The van der Waals surface area contributed by atoms with E-state index in [-0.39, 0.29) is 12.1 Å². The fourth-order valence-corrected chi connectivity index (χ4v) is 6.25. The molecule has 0 bridgehead atoms. The van der Waals surface area contributed by atoms with Crippen molar-refractivity contribution in [3.63, 3.8) is 0 Å². The third-order valence-corrected chi connectivity index (χ3v) is 8.42. The van der Waals surface area contributed by atoms with Crippen molar-refractivity contribution in [3.05, 3.63) is 70.4 Å². The van der Waals surface area contributed by atoms with E-state index in [1.54, 1.807) is 24.4 Å². The monoisotopic (exact) mass is 538 g/mol. The normalized spacial score (nSPS) is 17.5. The van der Waals surface area contributed by atoms with Crippen molar-refractivity contribution < 1.29 is 14.8 Å². The lowest BCUT2D eigenvalue weighted by atomic mass is 9.91. The number of carbonyl (C=O) groups is 1. The lowest BCUT2D eigenvalue weighted by Gasteiger charge is -2.30. The Kier molecular flexibility index (Phi) is 10.6. The van der Waals surface area contributed by atoms with E-state index < -0.39 is 16.9 Å². The predicted molar refractivity (Wildman–Crippen MR) is 152 cm³/mol. The summed E-state index contributed by atoms with van der Waals surface area (Å²) in [6.45, 7) is 0. The number of nitro benzene ring substituents is 1. The predicted octanol–water partition coefficient (Wildman–Crippen LogP) is 6.61. The molecule has 9 heteroatoms. The van der Waals surface area contributed by atoms with Gasteiger partial charge >= 0.3 is 5.97 Å². The summed E-state index contributed by atoms with van der Waals surface area (Å²) in [7, 11) is 0. The number of hydrogen-bond donors (Lipinski definition) is 4. The second-order valence-corrected chi connectivity index (χ2v) is 11.1. The van der Waals surface area contributed by atoms with Crippen molar-refractivity contribution in [3.8, 4) is 0 Å². The second kappa shape index (κ2) is 14.3. The lowest BCUT2D eigenvalue weighted by Crippen LogP contribution is -2.40. The molecule has 1 unspecified atom stereocenters. The maximum atomic E-state index is 11.6. The largest absolute Gasteiger partial charge is 0.480 e. The molecular weight excluding hydrogens is 500 g/mol. The summed E-state index contributed by atoms with van der Waals surface area (Å²) in [5.74, 6) is -1.02. The minimum absolute atomic E-state index is 0.0590. The van der Waals surface area contributed by atoms with Crippen molar-refractivity contribution in [2.24, 2.45) is 0 Å². The number of fused-ring (bicyclic) bond motifs is 1. The Labute approximate surface area is 228 Å². The SMILES string of the molecule is C1CCC(NC2CCCCC2)CC1.O=C(O)C(Cc1c[nH]c2ccccc12)NSc1ccccc1[N+](=O)[O-]. The molecule has 1 heterocycles. The number of nitro groups is 1. The number of aliphatic carboxylic acids is 1. The van der Waals surface area contributed by atoms with Gasteiger partial charge in [-0.05, 0) is 55.3 Å². The number of aromatic nitrogens is 1. The number of rotatable bonds is 9. The fraction of sp³-hybridized carbons (Fsp3) is 0.483. The van der Waals surface area contributed by atoms with E-state index in [0.717, 1.165) is 40.5 Å². The smallest absolute Gasteiger partial charge is 0.321 e. The standard InChI is InChI=1S/C17H15N3O4S.C12H23N/c21-17(22)14(9-11-10-18-13-6-2-1-5-12(11)13)19-25-16-8-4-3-7-15(16)20(23)24;1-3-7-11(8-4-1)13-12-9-5-2-6-10-12/h1-8,10,14,18-19H,9H2,(H,21,22);11-13H,1-10H2. The molecule has 0 aliphatic heterocycles. The number of benzene rings is 2. The number of para-hydroxylation sites is 2. The van der Waals surface area contributed by atoms with Gasteiger partial charge in [0.15, 0.2) is 0 Å². The maximum absolute atomic E-state index is 11.6. The molecule has 0 spiro atoms. The quantitative estimate of drug-likeness (QED) is 0.137. The summed E-state index contributed by atoms with van der Waals surface area (Å²) in [5.41, 5.74) is 1.75. The van der Waals surface area contributed by atoms with E-state index in [1.165, 1.54) is 70.3 Å². The maximum Gasteiger partial charge on any atom is 0.321 e.